The Bertz CT molecular complexity index is 852. The first kappa shape index (κ1) is 16.8. The zero-order valence-electron chi connectivity index (χ0n) is 14.6. The fourth-order valence-corrected chi connectivity index (χ4v) is 4.16. The van der Waals surface area contributed by atoms with E-state index in [2.05, 4.69) is 5.32 Å². The van der Waals surface area contributed by atoms with Crippen LogP contribution < -0.4 is 5.32 Å². The summed E-state index contributed by atoms with van der Waals surface area (Å²) in [7, 11) is 0. The molecule has 0 radical (unpaired) electrons. The van der Waals surface area contributed by atoms with Crippen molar-refractivity contribution in [3.63, 3.8) is 0 Å². The minimum atomic E-state index is -0.184. The number of rotatable bonds is 4. The first-order valence-electron chi connectivity index (χ1n) is 9.27. The highest BCUT2D eigenvalue weighted by Gasteiger charge is 2.47. The Hall–Kier alpha value is -2.69. The zero-order chi connectivity index (χ0) is 18.1. The third kappa shape index (κ3) is 3.09. The number of nitrogens with zero attached hydrogens (tertiary/aromatic N) is 1. The van der Waals surface area contributed by atoms with Crippen molar-refractivity contribution in [2.45, 2.75) is 32.1 Å². The van der Waals surface area contributed by atoms with Gasteiger partial charge in [0.15, 0.2) is 0 Å². The molecule has 1 saturated carbocycles. The highest BCUT2D eigenvalue weighted by molar-refractivity contribution is 6.05. The van der Waals surface area contributed by atoms with Gasteiger partial charge in [-0.2, -0.15) is 0 Å². The van der Waals surface area contributed by atoms with Gasteiger partial charge in [0.25, 0.3) is 0 Å². The molecular weight excluding hydrogens is 328 g/mol. The van der Waals surface area contributed by atoms with E-state index in [1.807, 2.05) is 42.5 Å². The average Bonchev–Trinajstić information content (AvgIpc) is 2.91. The van der Waals surface area contributed by atoms with Crippen LogP contribution in [0, 0.1) is 11.8 Å². The lowest BCUT2D eigenvalue weighted by Gasteiger charge is -2.19. The molecule has 2 fully saturated rings. The van der Waals surface area contributed by atoms with E-state index in [1.54, 1.807) is 0 Å². The summed E-state index contributed by atoms with van der Waals surface area (Å²) in [4.78, 5) is 38.5. The molecule has 134 valence electrons. The van der Waals surface area contributed by atoms with Gasteiger partial charge in [-0.05, 0) is 35.7 Å². The summed E-state index contributed by atoms with van der Waals surface area (Å²) in [5.74, 6) is -0.660. The molecule has 5 nitrogen and oxygen atoms in total. The Morgan fingerprint density at radius 1 is 0.962 bits per heavy atom. The van der Waals surface area contributed by atoms with Crippen molar-refractivity contribution < 1.29 is 14.4 Å². The van der Waals surface area contributed by atoms with Crippen LogP contribution in [0.1, 0.15) is 32.1 Å². The van der Waals surface area contributed by atoms with Gasteiger partial charge in [0.05, 0.1) is 11.8 Å². The second-order valence-corrected chi connectivity index (χ2v) is 7.19. The summed E-state index contributed by atoms with van der Waals surface area (Å²) in [6, 6.07) is 13.7. The van der Waals surface area contributed by atoms with Crippen LogP contribution in [0.3, 0.4) is 0 Å². The van der Waals surface area contributed by atoms with Crippen LogP contribution in [0.15, 0.2) is 42.5 Å². The van der Waals surface area contributed by atoms with Crippen LogP contribution >= 0.6 is 0 Å². The maximum Gasteiger partial charge on any atom is 0.233 e. The summed E-state index contributed by atoms with van der Waals surface area (Å²) < 4.78 is 0. The number of fused-ring (bicyclic) bond motifs is 2. The number of hydrogen-bond donors (Lipinski definition) is 1. The Labute approximate surface area is 152 Å². The van der Waals surface area contributed by atoms with Crippen LogP contribution in [0.5, 0.6) is 0 Å². The number of amides is 3. The van der Waals surface area contributed by atoms with E-state index < -0.39 is 0 Å². The molecule has 5 heteroatoms. The molecule has 2 atom stereocenters. The minimum absolute atomic E-state index is 0.0850. The monoisotopic (exact) mass is 350 g/mol. The first-order chi connectivity index (χ1) is 12.6. The van der Waals surface area contributed by atoms with Crippen LogP contribution in [0.25, 0.3) is 10.8 Å². The molecule has 0 unspecified atom stereocenters. The lowest BCUT2D eigenvalue weighted by Crippen LogP contribution is -2.34. The third-order valence-corrected chi connectivity index (χ3v) is 5.53. The van der Waals surface area contributed by atoms with Crippen LogP contribution in [-0.4, -0.2) is 29.2 Å². The Kier molecular flexibility index (Phi) is 4.45. The van der Waals surface area contributed by atoms with E-state index in [1.165, 1.54) is 4.90 Å². The fourth-order valence-electron chi connectivity index (χ4n) is 4.16. The lowest BCUT2D eigenvalue weighted by atomic mass is 9.81. The van der Waals surface area contributed by atoms with E-state index >= 15 is 0 Å². The van der Waals surface area contributed by atoms with E-state index in [0.717, 1.165) is 42.1 Å². The summed E-state index contributed by atoms with van der Waals surface area (Å²) in [6.45, 7) is 0.171. The fraction of sp³-hybridized carbons (Fsp3) is 0.381. The zero-order valence-corrected chi connectivity index (χ0v) is 14.6. The quantitative estimate of drug-likeness (QED) is 0.860. The van der Waals surface area contributed by atoms with Gasteiger partial charge in [-0.3, -0.25) is 19.3 Å². The van der Waals surface area contributed by atoms with Gasteiger partial charge in [-0.25, -0.2) is 0 Å². The molecule has 26 heavy (non-hydrogen) atoms. The summed E-state index contributed by atoms with van der Waals surface area (Å²) >= 11 is 0. The molecule has 1 aliphatic heterocycles. The van der Waals surface area contributed by atoms with Crippen LogP contribution in [0.2, 0.25) is 0 Å². The predicted octanol–water partition coefficient (Wildman–Crippen LogP) is 3.34. The second kappa shape index (κ2) is 6.90. The van der Waals surface area contributed by atoms with Gasteiger partial charge in [-0.15, -0.1) is 0 Å². The van der Waals surface area contributed by atoms with E-state index in [-0.39, 0.29) is 42.5 Å². The Morgan fingerprint density at radius 2 is 1.62 bits per heavy atom. The van der Waals surface area contributed by atoms with Crippen LogP contribution in [-0.2, 0) is 14.4 Å². The first-order valence-corrected chi connectivity index (χ1v) is 9.27. The van der Waals surface area contributed by atoms with Gasteiger partial charge < -0.3 is 5.32 Å². The molecule has 1 saturated heterocycles. The number of hydrogen-bond acceptors (Lipinski definition) is 3. The molecule has 0 bridgehead atoms. The second-order valence-electron chi connectivity index (χ2n) is 7.19. The van der Waals surface area contributed by atoms with Crippen molar-refractivity contribution >= 4 is 34.2 Å². The van der Waals surface area contributed by atoms with Crippen molar-refractivity contribution in [3.05, 3.63) is 42.5 Å². The van der Waals surface area contributed by atoms with Crippen LogP contribution in [0.4, 0.5) is 5.69 Å². The lowest BCUT2D eigenvalue weighted by molar-refractivity contribution is -0.140. The van der Waals surface area contributed by atoms with Gasteiger partial charge in [0.1, 0.15) is 0 Å². The summed E-state index contributed by atoms with van der Waals surface area (Å²) in [6.07, 6.45) is 3.75. The molecule has 1 N–H and O–H groups in total. The third-order valence-electron chi connectivity index (χ3n) is 5.53. The molecular formula is C21H22N2O3. The Balaban J connectivity index is 1.37. The van der Waals surface area contributed by atoms with Gasteiger partial charge in [0.2, 0.25) is 17.7 Å². The molecule has 0 aromatic heterocycles. The molecule has 0 spiro atoms. The smallest absolute Gasteiger partial charge is 0.233 e. The van der Waals surface area contributed by atoms with E-state index in [9.17, 15) is 14.4 Å². The standard InChI is InChI=1S/C21H22N2O3/c24-19(22-16-10-9-14-5-1-2-6-15(14)13-16)11-12-23-20(25)17-7-3-4-8-18(17)21(23)26/h1-2,5-6,9-10,13,17-18H,3-4,7-8,11-12H2,(H,22,24)/t17-,18+. The number of likely N-dealkylation sites (tertiary alicyclic amines) is 1. The van der Waals surface area contributed by atoms with Crippen molar-refractivity contribution in [1.29, 1.82) is 0 Å². The van der Waals surface area contributed by atoms with Gasteiger partial charge >= 0.3 is 0 Å². The molecule has 1 aliphatic carbocycles. The number of carbonyl (C=O) groups excluding carboxylic acids is 3. The molecule has 1 heterocycles. The molecule has 4 rings (SSSR count). The summed E-state index contributed by atoms with van der Waals surface area (Å²) in [5, 5.41) is 5.03. The Morgan fingerprint density at radius 3 is 2.31 bits per heavy atom. The number of imide groups is 1. The largest absolute Gasteiger partial charge is 0.326 e. The van der Waals surface area contributed by atoms with Gasteiger partial charge in [0, 0.05) is 18.7 Å². The highest BCUT2D eigenvalue weighted by atomic mass is 16.2. The highest BCUT2D eigenvalue weighted by Crippen LogP contribution is 2.38. The topological polar surface area (TPSA) is 66.5 Å². The van der Waals surface area contributed by atoms with E-state index in [4.69, 9.17) is 0 Å². The minimum Gasteiger partial charge on any atom is -0.326 e. The predicted molar refractivity (Wildman–Crippen MR) is 99.4 cm³/mol. The number of carbonyl (C=O) groups is 3. The average molecular weight is 350 g/mol. The SMILES string of the molecule is O=C(CCN1C(=O)[C@H]2CCCC[C@H]2C1=O)Nc1ccc2ccccc2c1. The molecule has 3 amide bonds. The maximum absolute atomic E-state index is 12.4. The molecule has 2 aliphatic rings. The van der Waals surface area contributed by atoms with Crippen molar-refractivity contribution in [2.24, 2.45) is 11.8 Å². The number of anilines is 1. The molecule has 2 aromatic rings. The normalized spacial score (nSPS) is 22.5. The van der Waals surface area contributed by atoms with E-state index in [0.29, 0.717) is 0 Å². The van der Waals surface area contributed by atoms with Gasteiger partial charge in [-0.1, -0.05) is 43.2 Å². The number of nitrogens with one attached hydrogen (secondary N) is 1. The number of benzene rings is 2. The maximum atomic E-state index is 12.4. The summed E-state index contributed by atoms with van der Waals surface area (Å²) in [5.41, 5.74) is 0.724. The molecule has 2 aromatic carbocycles. The van der Waals surface area contributed by atoms with Crippen molar-refractivity contribution in [3.8, 4) is 0 Å². The van der Waals surface area contributed by atoms with Crippen molar-refractivity contribution in [2.75, 3.05) is 11.9 Å². The van der Waals surface area contributed by atoms with Crippen molar-refractivity contribution in [1.82, 2.24) is 4.90 Å².